The molecule has 7 heteroatoms. The van der Waals surface area contributed by atoms with Gasteiger partial charge in [-0.25, -0.2) is 4.79 Å². The number of hydrogen-bond donors (Lipinski definition) is 1. The van der Waals surface area contributed by atoms with Crippen LogP contribution < -0.4 is 14.8 Å². The first-order valence-electron chi connectivity index (χ1n) is 9.39. The van der Waals surface area contributed by atoms with E-state index in [9.17, 15) is 9.59 Å². The molecule has 28 heavy (non-hydrogen) atoms. The molecule has 1 saturated carbocycles. The Morgan fingerprint density at radius 3 is 2.46 bits per heavy atom. The Hall–Kier alpha value is -2.96. The topological polar surface area (TPSA) is 87.0 Å². The van der Waals surface area contributed by atoms with Crippen LogP contribution in [-0.4, -0.2) is 32.1 Å². The highest BCUT2D eigenvalue weighted by Crippen LogP contribution is 2.32. The van der Waals surface area contributed by atoms with Crippen molar-refractivity contribution in [3.05, 3.63) is 47.9 Å². The molecule has 1 N–H and O–H groups in total. The molecule has 7 nitrogen and oxygen atoms in total. The number of furan rings is 1. The summed E-state index contributed by atoms with van der Waals surface area (Å²) in [6, 6.07) is 8.17. The maximum Gasteiger partial charge on any atom is 0.375 e. The summed E-state index contributed by atoms with van der Waals surface area (Å²) in [5, 5.41) is 3.02. The van der Waals surface area contributed by atoms with Gasteiger partial charge in [0, 0.05) is 11.6 Å². The molecule has 0 unspecified atom stereocenters. The van der Waals surface area contributed by atoms with Crippen molar-refractivity contribution in [2.45, 2.75) is 44.2 Å². The molecule has 1 atom stereocenters. The number of esters is 1. The number of methoxy groups -OCH3 is 2. The van der Waals surface area contributed by atoms with Gasteiger partial charge in [-0.05, 0) is 37.1 Å². The van der Waals surface area contributed by atoms with Gasteiger partial charge in [0.15, 0.2) is 11.5 Å². The van der Waals surface area contributed by atoms with Crippen LogP contribution in [-0.2, 0) is 9.53 Å². The predicted octanol–water partition coefficient (Wildman–Crippen LogP) is 3.64. The minimum absolute atomic E-state index is 0.0379. The fraction of sp³-hybridized carbons (Fsp3) is 0.429. The Balaban J connectivity index is 1.84. The van der Waals surface area contributed by atoms with E-state index in [0.29, 0.717) is 17.1 Å². The van der Waals surface area contributed by atoms with E-state index in [2.05, 4.69) is 5.32 Å². The Morgan fingerprint density at radius 1 is 1.07 bits per heavy atom. The van der Waals surface area contributed by atoms with Crippen molar-refractivity contribution in [1.82, 2.24) is 5.32 Å². The van der Waals surface area contributed by atoms with E-state index in [-0.39, 0.29) is 17.7 Å². The molecule has 0 aliphatic heterocycles. The number of carbonyl (C=O) groups is 2. The van der Waals surface area contributed by atoms with Gasteiger partial charge < -0.3 is 23.9 Å². The highest BCUT2D eigenvalue weighted by atomic mass is 16.6. The molecule has 1 aliphatic rings. The maximum atomic E-state index is 13.0. The molecule has 1 aliphatic carbocycles. The van der Waals surface area contributed by atoms with Gasteiger partial charge in [-0.1, -0.05) is 25.3 Å². The summed E-state index contributed by atoms with van der Waals surface area (Å²) in [4.78, 5) is 25.4. The highest BCUT2D eigenvalue weighted by Gasteiger charge is 2.29. The Kier molecular flexibility index (Phi) is 6.57. The smallest absolute Gasteiger partial charge is 0.375 e. The number of hydrogen-bond acceptors (Lipinski definition) is 6. The average molecular weight is 387 g/mol. The largest absolute Gasteiger partial charge is 0.493 e. The van der Waals surface area contributed by atoms with Crippen molar-refractivity contribution < 1.29 is 28.2 Å². The maximum absolute atomic E-state index is 13.0. The monoisotopic (exact) mass is 387 g/mol. The summed E-state index contributed by atoms with van der Waals surface area (Å²) in [7, 11) is 3.04. The van der Waals surface area contributed by atoms with Crippen molar-refractivity contribution in [2.75, 3.05) is 14.2 Å². The van der Waals surface area contributed by atoms with Gasteiger partial charge in [0.25, 0.3) is 5.91 Å². The van der Waals surface area contributed by atoms with Gasteiger partial charge in [-0.3, -0.25) is 4.79 Å². The fourth-order valence-corrected chi connectivity index (χ4v) is 3.37. The van der Waals surface area contributed by atoms with E-state index in [4.69, 9.17) is 18.6 Å². The third kappa shape index (κ3) is 4.65. The van der Waals surface area contributed by atoms with Gasteiger partial charge in [0.2, 0.25) is 11.9 Å². The summed E-state index contributed by atoms with van der Waals surface area (Å²) in [6.07, 6.45) is 5.45. The minimum Gasteiger partial charge on any atom is -0.493 e. The van der Waals surface area contributed by atoms with Crippen molar-refractivity contribution in [3.63, 3.8) is 0 Å². The zero-order valence-corrected chi connectivity index (χ0v) is 16.1. The second-order valence-corrected chi connectivity index (χ2v) is 6.72. The zero-order chi connectivity index (χ0) is 19.9. The highest BCUT2D eigenvalue weighted by molar-refractivity contribution is 5.90. The van der Waals surface area contributed by atoms with Gasteiger partial charge >= 0.3 is 5.97 Å². The first-order valence-corrected chi connectivity index (χ1v) is 9.39. The van der Waals surface area contributed by atoms with Crippen LogP contribution in [0.15, 0.2) is 41.0 Å². The van der Waals surface area contributed by atoms with Crippen LogP contribution in [0.1, 0.15) is 54.3 Å². The lowest BCUT2D eigenvalue weighted by atomic mass is 9.95. The SMILES string of the molecule is COc1ccc([C@@H](OC(=O)c2ccco2)C(=O)NC2CCCCC2)cc1OC. The van der Waals surface area contributed by atoms with Crippen LogP contribution in [0.5, 0.6) is 11.5 Å². The number of nitrogens with one attached hydrogen (secondary N) is 1. The predicted molar refractivity (Wildman–Crippen MR) is 101 cm³/mol. The van der Waals surface area contributed by atoms with E-state index in [0.717, 1.165) is 25.7 Å². The van der Waals surface area contributed by atoms with Gasteiger partial charge in [-0.2, -0.15) is 0 Å². The second-order valence-electron chi connectivity index (χ2n) is 6.72. The second kappa shape index (κ2) is 9.30. The lowest BCUT2D eigenvalue weighted by molar-refractivity contribution is -0.131. The van der Waals surface area contributed by atoms with E-state index in [1.165, 1.54) is 33.0 Å². The van der Waals surface area contributed by atoms with Crippen molar-refractivity contribution in [2.24, 2.45) is 0 Å². The number of rotatable bonds is 7. The van der Waals surface area contributed by atoms with Crippen molar-refractivity contribution in [1.29, 1.82) is 0 Å². The normalized spacial score (nSPS) is 15.5. The molecule has 1 aromatic carbocycles. The molecule has 1 heterocycles. The van der Waals surface area contributed by atoms with Crippen LogP contribution in [0.25, 0.3) is 0 Å². The molecular weight excluding hydrogens is 362 g/mol. The lowest BCUT2D eigenvalue weighted by Gasteiger charge is -2.25. The Morgan fingerprint density at radius 2 is 1.82 bits per heavy atom. The van der Waals surface area contributed by atoms with Gasteiger partial charge in [-0.15, -0.1) is 0 Å². The summed E-state index contributed by atoms with van der Waals surface area (Å²) < 4.78 is 21.2. The number of benzene rings is 1. The molecule has 2 aromatic rings. The molecule has 0 spiro atoms. The van der Waals surface area contributed by atoms with E-state index >= 15 is 0 Å². The molecule has 3 rings (SSSR count). The molecular formula is C21H25NO6. The van der Waals surface area contributed by atoms with Crippen molar-refractivity contribution >= 4 is 11.9 Å². The molecule has 1 amide bonds. The minimum atomic E-state index is -1.13. The van der Waals surface area contributed by atoms with Gasteiger partial charge in [0.05, 0.1) is 20.5 Å². The van der Waals surface area contributed by atoms with Crippen LogP contribution in [0.4, 0.5) is 0 Å². The number of carbonyl (C=O) groups excluding carboxylic acids is 2. The van der Waals surface area contributed by atoms with Crippen LogP contribution in [0.2, 0.25) is 0 Å². The Labute approximate surface area is 164 Å². The molecule has 1 aromatic heterocycles. The summed E-state index contributed by atoms with van der Waals surface area (Å²) >= 11 is 0. The van der Waals surface area contributed by atoms with E-state index in [1.807, 2.05) is 0 Å². The number of amides is 1. The zero-order valence-electron chi connectivity index (χ0n) is 16.1. The summed E-state index contributed by atoms with van der Waals surface area (Å²) in [5.74, 6) is -0.0573. The Bertz CT molecular complexity index is 795. The third-order valence-corrected chi connectivity index (χ3v) is 4.85. The molecule has 0 saturated heterocycles. The van der Waals surface area contributed by atoms with E-state index < -0.39 is 12.1 Å². The standard InChI is InChI=1S/C21H25NO6/c1-25-16-11-10-14(13-18(16)26-2)19(28-21(24)17-9-6-12-27-17)20(23)22-15-7-4-3-5-8-15/h6,9-13,15,19H,3-5,7-8H2,1-2H3,(H,22,23)/t19-/m1/s1. The van der Waals surface area contributed by atoms with Gasteiger partial charge in [0.1, 0.15) is 0 Å². The molecule has 0 radical (unpaired) electrons. The van der Waals surface area contributed by atoms with Crippen LogP contribution in [0, 0.1) is 0 Å². The van der Waals surface area contributed by atoms with Crippen molar-refractivity contribution in [3.8, 4) is 11.5 Å². The molecule has 150 valence electrons. The first kappa shape index (κ1) is 19.8. The fourth-order valence-electron chi connectivity index (χ4n) is 3.37. The molecule has 1 fully saturated rings. The van der Waals surface area contributed by atoms with E-state index in [1.54, 1.807) is 24.3 Å². The lowest BCUT2D eigenvalue weighted by Crippen LogP contribution is -2.40. The summed E-state index contributed by atoms with van der Waals surface area (Å²) in [5.41, 5.74) is 0.492. The average Bonchev–Trinajstić information content (AvgIpc) is 3.27. The number of ether oxygens (including phenoxy) is 3. The van der Waals surface area contributed by atoms with Crippen LogP contribution >= 0.6 is 0 Å². The quantitative estimate of drug-likeness (QED) is 0.730. The summed E-state index contributed by atoms with van der Waals surface area (Å²) in [6.45, 7) is 0. The third-order valence-electron chi connectivity index (χ3n) is 4.85. The van der Waals surface area contributed by atoms with Crippen LogP contribution in [0.3, 0.4) is 0 Å². The molecule has 0 bridgehead atoms. The first-order chi connectivity index (χ1) is 13.6.